The van der Waals surface area contributed by atoms with Crippen molar-refractivity contribution in [2.45, 2.75) is 83.6 Å². The number of Topliss-reactive ketones (excluding diaryl/α,β-unsaturated/α-hetero) is 1. The highest BCUT2D eigenvalue weighted by Gasteiger charge is 2.25. The van der Waals surface area contributed by atoms with Crippen LogP contribution in [0, 0.1) is 10.1 Å². The summed E-state index contributed by atoms with van der Waals surface area (Å²) >= 11 is 0. The van der Waals surface area contributed by atoms with Gasteiger partial charge >= 0.3 is 0 Å². The summed E-state index contributed by atoms with van der Waals surface area (Å²) in [6, 6.07) is 4.63. The lowest BCUT2D eigenvalue weighted by Gasteiger charge is -2.34. The smallest absolute Gasteiger partial charge is 0.283 e. The van der Waals surface area contributed by atoms with E-state index in [1.54, 1.807) is 6.07 Å². The predicted molar refractivity (Wildman–Crippen MR) is 122 cm³/mol. The monoisotopic (exact) mass is 448 g/mol. The number of benzene rings is 1. The molecule has 0 atom stereocenters. The first kappa shape index (κ1) is 25.8. The molecule has 1 fully saturated rings. The zero-order chi connectivity index (χ0) is 23.3. The highest BCUT2D eigenvalue weighted by atomic mass is 16.6. The molecule has 0 aliphatic heterocycles. The van der Waals surface area contributed by atoms with Crippen molar-refractivity contribution in [3.8, 4) is 5.75 Å². The fraction of sp³-hybridized carbons (Fsp3) is 0.667. The Bertz CT molecular complexity index is 761. The number of rotatable bonds is 14. The second-order valence-electron chi connectivity index (χ2n) is 8.43. The summed E-state index contributed by atoms with van der Waals surface area (Å²) in [6.07, 6.45) is 10.2. The van der Waals surface area contributed by atoms with Gasteiger partial charge < -0.3 is 14.7 Å². The van der Waals surface area contributed by atoms with Gasteiger partial charge in [0.2, 0.25) is 5.91 Å². The Labute approximate surface area is 190 Å². The molecule has 1 saturated carbocycles. The molecule has 1 aliphatic rings. The van der Waals surface area contributed by atoms with Gasteiger partial charge in [-0.25, -0.2) is 0 Å². The molecule has 2 rings (SSSR count). The van der Waals surface area contributed by atoms with Crippen LogP contribution in [-0.4, -0.2) is 52.4 Å². The number of unbranched alkanes of at least 4 members (excludes halogenated alkanes) is 3. The van der Waals surface area contributed by atoms with Gasteiger partial charge in [0.25, 0.3) is 5.69 Å². The lowest BCUT2D eigenvalue weighted by Crippen LogP contribution is -2.42. The van der Waals surface area contributed by atoms with Gasteiger partial charge in [0, 0.05) is 31.7 Å². The molecule has 0 spiro atoms. The Hall–Kier alpha value is -2.48. The zero-order valence-corrected chi connectivity index (χ0v) is 19.1. The summed E-state index contributed by atoms with van der Waals surface area (Å²) in [6.45, 7) is 2.44. The molecular weight excluding hydrogens is 412 g/mol. The Kier molecular flexibility index (Phi) is 11.1. The third-order valence-electron chi connectivity index (χ3n) is 5.99. The molecule has 8 nitrogen and oxygen atoms in total. The van der Waals surface area contributed by atoms with Crippen LogP contribution >= 0.6 is 0 Å². The summed E-state index contributed by atoms with van der Waals surface area (Å²) in [7, 11) is 0. The van der Waals surface area contributed by atoms with Gasteiger partial charge in [-0.2, -0.15) is 0 Å². The van der Waals surface area contributed by atoms with Crippen molar-refractivity contribution in [2.24, 2.45) is 0 Å². The number of hydrogen-bond acceptors (Lipinski definition) is 6. The molecule has 1 N–H and O–H groups in total. The standard InChI is InChI=1S/C24H36N2O6/c1-19(28)24-21(26(30)31)13-9-14-22(24)32-18-10-15-23(29)25(16-7-2-3-8-17-27)20-11-5-4-6-12-20/h9,13-14,20,27H,2-8,10-12,15-18H2,1H3. The number of amides is 1. The van der Waals surface area contributed by atoms with Crippen molar-refractivity contribution < 1.29 is 24.4 Å². The number of carbonyl (C=O) groups is 2. The van der Waals surface area contributed by atoms with E-state index in [4.69, 9.17) is 9.84 Å². The van der Waals surface area contributed by atoms with Crippen LogP contribution in [0.5, 0.6) is 5.75 Å². The number of ether oxygens (including phenoxy) is 1. The van der Waals surface area contributed by atoms with E-state index in [2.05, 4.69) is 0 Å². The van der Waals surface area contributed by atoms with Gasteiger partial charge in [-0.15, -0.1) is 0 Å². The molecule has 0 aromatic heterocycles. The Morgan fingerprint density at radius 2 is 1.84 bits per heavy atom. The van der Waals surface area contributed by atoms with E-state index in [0.29, 0.717) is 18.9 Å². The maximum Gasteiger partial charge on any atom is 0.283 e. The number of carbonyl (C=O) groups excluding carboxylic acids is 2. The van der Waals surface area contributed by atoms with Crippen LogP contribution in [0.2, 0.25) is 0 Å². The average molecular weight is 449 g/mol. The second-order valence-corrected chi connectivity index (χ2v) is 8.43. The molecule has 0 heterocycles. The quantitative estimate of drug-likeness (QED) is 0.192. The van der Waals surface area contributed by atoms with Crippen LogP contribution in [0.25, 0.3) is 0 Å². The molecule has 0 saturated heterocycles. The fourth-order valence-electron chi connectivity index (χ4n) is 4.35. The lowest BCUT2D eigenvalue weighted by atomic mass is 9.93. The van der Waals surface area contributed by atoms with Crippen LogP contribution in [0.15, 0.2) is 18.2 Å². The van der Waals surface area contributed by atoms with E-state index in [1.165, 1.54) is 25.5 Å². The molecule has 8 heteroatoms. The molecule has 0 radical (unpaired) electrons. The van der Waals surface area contributed by atoms with Crippen molar-refractivity contribution in [2.75, 3.05) is 19.8 Å². The van der Waals surface area contributed by atoms with E-state index in [-0.39, 0.29) is 36.1 Å². The van der Waals surface area contributed by atoms with E-state index in [9.17, 15) is 19.7 Å². The third-order valence-corrected chi connectivity index (χ3v) is 5.99. The number of nitrogens with zero attached hydrogens (tertiary/aromatic N) is 2. The molecule has 32 heavy (non-hydrogen) atoms. The summed E-state index contributed by atoms with van der Waals surface area (Å²) in [5.74, 6) is -0.117. The van der Waals surface area contributed by atoms with Gasteiger partial charge in [0.15, 0.2) is 5.78 Å². The van der Waals surface area contributed by atoms with E-state index in [1.807, 2.05) is 4.90 Å². The molecule has 1 aromatic rings. The minimum Gasteiger partial charge on any atom is -0.493 e. The van der Waals surface area contributed by atoms with Crippen LogP contribution < -0.4 is 4.74 Å². The number of nitro benzene ring substituents is 1. The van der Waals surface area contributed by atoms with Crippen LogP contribution in [0.3, 0.4) is 0 Å². The number of nitro groups is 1. The first-order chi connectivity index (χ1) is 15.5. The molecule has 1 amide bonds. The minimum atomic E-state index is -0.588. The molecular formula is C24H36N2O6. The first-order valence-electron chi connectivity index (χ1n) is 11.8. The summed E-state index contributed by atoms with van der Waals surface area (Å²) < 4.78 is 5.67. The SMILES string of the molecule is CC(=O)c1c(OCCCC(=O)N(CCCCCCO)C2CCCCC2)cccc1[N+](=O)[O-]. The highest BCUT2D eigenvalue weighted by molar-refractivity contribution is 6.00. The zero-order valence-electron chi connectivity index (χ0n) is 19.1. The second kappa shape index (κ2) is 13.8. The maximum absolute atomic E-state index is 13.0. The highest BCUT2D eigenvalue weighted by Crippen LogP contribution is 2.29. The van der Waals surface area contributed by atoms with E-state index < -0.39 is 10.7 Å². The summed E-state index contributed by atoms with van der Waals surface area (Å²) in [5.41, 5.74) is -0.300. The van der Waals surface area contributed by atoms with Crippen LogP contribution in [0.4, 0.5) is 5.69 Å². The van der Waals surface area contributed by atoms with Gasteiger partial charge in [0.05, 0.1) is 11.5 Å². The van der Waals surface area contributed by atoms with Crippen LogP contribution in [-0.2, 0) is 4.79 Å². The topological polar surface area (TPSA) is 110 Å². The largest absolute Gasteiger partial charge is 0.493 e. The minimum absolute atomic E-state index is 0.0319. The number of aliphatic hydroxyl groups is 1. The van der Waals surface area contributed by atoms with Crippen molar-refractivity contribution in [1.29, 1.82) is 0 Å². The summed E-state index contributed by atoms with van der Waals surface area (Å²) in [5, 5.41) is 20.1. The van der Waals surface area contributed by atoms with Gasteiger partial charge in [-0.3, -0.25) is 19.7 Å². The number of aliphatic hydroxyl groups excluding tert-OH is 1. The third kappa shape index (κ3) is 7.89. The fourth-order valence-corrected chi connectivity index (χ4v) is 4.35. The first-order valence-corrected chi connectivity index (χ1v) is 11.8. The van der Waals surface area contributed by atoms with E-state index >= 15 is 0 Å². The Balaban J connectivity index is 1.90. The molecule has 1 aliphatic carbocycles. The molecule has 178 valence electrons. The lowest BCUT2D eigenvalue weighted by molar-refractivity contribution is -0.385. The number of ketones is 1. The van der Waals surface area contributed by atoms with Gasteiger partial charge in [-0.05, 0) is 45.1 Å². The number of hydrogen-bond donors (Lipinski definition) is 1. The van der Waals surface area contributed by atoms with Crippen molar-refractivity contribution in [3.63, 3.8) is 0 Å². The predicted octanol–water partition coefficient (Wildman–Crippen LogP) is 4.67. The molecule has 1 aromatic carbocycles. The molecule has 0 bridgehead atoms. The molecule has 0 unspecified atom stereocenters. The van der Waals surface area contributed by atoms with Gasteiger partial charge in [-0.1, -0.05) is 38.2 Å². The van der Waals surface area contributed by atoms with Crippen LogP contribution in [0.1, 0.15) is 87.9 Å². The van der Waals surface area contributed by atoms with Crippen molar-refractivity contribution in [3.05, 3.63) is 33.9 Å². The maximum atomic E-state index is 13.0. The van der Waals surface area contributed by atoms with Gasteiger partial charge in [0.1, 0.15) is 11.3 Å². The van der Waals surface area contributed by atoms with Crippen molar-refractivity contribution >= 4 is 17.4 Å². The normalized spacial score (nSPS) is 14.2. The van der Waals surface area contributed by atoms with E-state index in [0.717, 1.165) is 57.9 Å². The van der Waals surface area contributed by atoms with Crippen molar-refractivity contribution in [1.82, 2.24) is 4.90 Å². The summed E-state index contributed by atoms with van der Waals surface area (Å²) in [4.78, 5) is 37.5. The Morgan fingerprint density at radius 3 is 2.50 bits per heavy atom. The average Bonchev–Trinajstić information content (AvgIpc) is 2.79. The Morgan fingerprint density at radius 1 is 1.12 bits per heavy atom.